The van der Waals surface area contributed by atoms with Crippen molar-refractivity contribution in [1.82, 2.24) is 15.5 Å². The molecule has 20 heavy (non-hydrogen) atoms. The van der Waals surface area contributed by atoms with E-state index in [2.05, 4.69) is 46.4 Å². The Morgan fingerprint density at radius 1 is 1.40 bits per heavy atom. The smallest absolute Gasteiger partial charge is 0.151 e. The van der Waals surface area contributed by atoms with Crippen molar-refractivity contribution in [3.8, 4) is 0 Å². The second-order valence-corrected chi connectivity index (χ2v) is 5.96. The Labute approximate surface area is 121 Å². The highest BCUT2D eigenvalue weighted by Crippen LogP contribution is 2.21. The summed E-state index contributed by atoms with van der Waals surface area (Å²) in [5.41, 5.74) is 1.00. The Morgan fingerprint density at radius 2 is 2.25 bits per heavy atom. The van der Waals surface area contributed by atoms with Crippen LogP contribution in [0.25, 0.3) is 0 Å². The summed E-state index contributed by atoms with van der Waals surface area (Å²) < 4.78 is 5.22. The van der Waals surface area contributed by atoms with Crippen LogP contribution in [0.15, 0.2) is 12.1 Å². The first-order valence-electron chi connectivity index (χ1n) is 7.46. The molecule has 1 atom stereocenters. The monoisotopic (exact) mass is 278 g/mol. The Kier molecular flexibility index (Phi) is 5.73. The molecule has 2 heterocycles. The Morgan fingerprint density at radius 3 is 2.90 bits per heavy atom. The van der Waals surface area contributed by atoms with Gasteiger partial charge in [-0.05, 0) is 31.0 Å². The van der Waals surface area contributed by atoms with Crippen LogP contribution in [0.3, 0.4) is 0 Å². The SMILES string of the molecule is COCC1CCN(c2ccc(CNCC(C)C)nn2)C1. The molecule has 112 valence electrons. The third kappa shape index (κ3) is 4.42. The Hall–Kier alpha value is -1.20. The molecule has 1 N–H and O–H groups in total. The first-order valence-corrected chi connectivity index (χ1v) is 7.46. The molecule has 0 spiro atoms. The second kappa shape index (κ2) is 7.55. The summed E-state index contributed by atoms with van der Waals surface area (Å²) in [7, 11) is 1.77. The lowest BCUT2D eigenvalue weighted by Gasteiger charge is -2.17. The normalized spacial score (nSPS) is 19.0. The van der Waals surface area contributed by atoms with Gasteiger partial charge in [0, 0.05) is 32.7 Å². The van der Waals surface area contributed by atoms with Gasteiger partial charge in [0.1, 0.15) is 0 Å². The zero-order valence-electron chi connectivity index (χ0n) is 12.8. The summed E-state index contributed by atoms with van der Waals surface area (Å²) in [5, 5.41) is 12.0. The number of methoxy groups -OCH3 is 1. The van der Waals surface area contributed by atoms with Crippen LogP contribution in [0, 0.1) is 11.8 Å². The molecule has 1 unspecified atom stereocenters. The summed E-state index contributed by atoms with van der Waals surface area (Å²) in [4.78, 5) is 2.29. The van der Waals surface area contributed by atoms with Crippen molar-refractivity contribution >= 4 is 5.82 Å². The predicted molar refractivity (Wildman–Crippen MR) is 80.8 cm³/mol. The van der Waals surface area contributed by atoms with E-state index in [0.29, 0.717) is 11.8 Å². The van der Waals surface area contributed by atoms with E-state index in [1.807, 2.05) is 0 Å². The van der Waals surface area contributed by atoms with Crippen molar-refractivity contribution < 1.29 is 4.74 Å². The topological polar surface area (TPSA) is 50.3 Å². The average Bonchev–Trinajstić information content (AvgIpc) is 2.88. The van der Waals surface area contributed by atoms with Gasteiger partial charge in [-0.3, -0.25) is 0 Å². The van der Waals surface area contributed by atoms with Gasteiger partial charge < -0.3 is 15.0 Å². The van der Waals surface area contributed by atoms with Crippen LogP contribution in [0.4, 0.5) is 5.82 Å². The van der Waals surface area contributed by atoms with E-state index < -0.39 is 0 Å². The van der Waals surface area contributed by atoms with Gasteiger partial charge in [-0.25, -0.2) is 0 Å². The quantitative estimate of drug-likeness (QED) is 0.822. The van der Waals surface area contributed by atoms with Gasteiger partial charge in [-0.2, -0.15) is 5.10 Å². The molecular weight excluding hydrogens is 252 g/mol. The number of aromatic nitrogens is 2. The molecule has 1 aromatic rings. The van der Waals surface area contributed by atoms with E-state index in [-0.39, 0.29) is 0 Å². The molecule has 5 nitrogen and oxygen atoms in total. The largest absolute Gasteiger partial charge is 0.384 e. The number of rotatable bonds is 7. The van der Waals surface area contributed by atoms with Crippen molar-refractivity contribution in [3.05, 3.63) is 17.8 Å². The maximum atomic E-state index is 5.22. The summed E-state index contributed by atoms with van der Waals surface area (Å²) >= 11 is 0. The lowest BCUT2D eigenvalue weighted by atomic mass is 10.1. The minimum atomic E-state index is 0.620. The van der Waals surface area contributed by atoms with Crippen LogP contribution in [-0.2, 0) is 11.3 Å². The molecule has 0 saturated carbocycles. The maximum absolute atomic E-state index is 5.22. The predicted octanol–water partition coefficient (Wildman–Crippen LogP) is 1.69. The van der Waals surface area contributed by atoms with E-state index in [4.69, 9.17) is 4.74 Å². The lowest BCUT2D eigenvalue weighted by Crippen LogP contribution is -2.23. The highest BCUT2D eigenvalue weighted by molar-refractivity contribution is 5.38. The van der Waals surface area contributed by atoms with Gasteiger partial charge in [-0.1, -0.05) is 13.8 Å². The van der Waals surface area contributed by atoms with E-state index >= 15 is 0 Å². The number of ether oxygens (including phenoxy) is 1. The number of nitrogens with zero attached hydrogens (tertiary/aromatic N) is 3. The second-order valence-electron chi connectivity index (χ2n) is 5.96. The first-order chi connectivity index (χ1) is 9.69. The van der Waals surface area contributed by atoms with Crippen LogP contribution in [-0.4, -0.2) is 43.5 Å². The molecule has 0 radical (unpaired) electrons. The summed E-state index contributed by atoms with van der Waals surface area (Å²) in [6.07, 6.45) is 1.17. The molecule has 0 aromatic carbocycles. The maximum Gasteiger partial charge on any atom is 0.151 e. The first kappa shape index (κ1) is 15.2. The molecule has 1 fully saturated rings. The molecule has 0 bridgehead atoms. The van der Waals surface area contributed by atoms with Crippen molar-refractivity contribution in [2.24, 2.45) is 11.8 Å². The lowest BCUT2D eigenvalue weighted by molar-refractivity contribution is 0.161. The van der Waals surface area contributed by atoms with Gasteiger partial charge in [0.15, 0.2) is 5.82 Å². The molecule has 1 saturated heterocycles. The Bertz CT molecular complexity index is 393. The number of hydrogen-bond donors (Lipinski definition) is 1. The fourth-order valence-corrected chi connectivity index (χ4v) is 2.52. The van der Waals surface area contributed by atoms with Gasteiger partial charge >= 0.3 is 0 Å². The highest BCUT2D eigenvalue weighted by Gasteiger charge is 2.23. The molecule has 0 amide bonds. The molecule has 1 aliphatic heterocycles. The molecule has 2 rings (SSSR count). The molecular formula is C15H26N4O. The third-order valence-corrected chi connectivity index (χ3v) is 3.58. The van der Waals surface area contributed by atoms with Crippen LogP contribution in [0.2, 0.25) is 0 Å². The van der Waals surface area contributed by atoms with E-state index in [0.717, 1.165) is 44.3 Å². The van der Waals surface area contributed by atoms with Crippen molar-refractivity contribution in [2.45, 2.75) is 26.8 Å². The standard InChI is InChI=1S/C15H26N4O/c1-12(2)8-16-9-14-4-5-15(18-17-14)19-7-6-13(10-19)11-20-3/h4-5,12-13,16H,6-11H2,1-3H3. The van der Waals surface area contributed by atoms with E-state index in [1.54, 1.807) is 7.11 Å². The summed E-state index contributed by atoms with van der Waals surface area (Å²) in [6.45, 7) is 9.10. The Balaban J connectivity index is 1.82. The fraction of sp³-hybridized carbons (Fsp3) is 0.733. The minimum absolute atomic E-state index is 0.620. The third-order valence-electron chi connectivity index (χ3n) is 3.58. The van der Waals surface area contributed by atoms with E-state index in [9.17, 15) is 0 Å². The van der Waals surface area contributed by atoms with Crippen LogP contribution in [0.5, 0.6) is 0 Å². The van der Waals surface area contributed by atoms with Gasteiger partial charge in [-0.15, -0.1) is 5.10 Å². The molecule has 5 heteroatoms. The van der Waals surface area contributed by atoms with Crippen LogP contribution in [0.1, 0.15) is 26.0 Å². The number of anilines is 1. The highest BCUT2D eigenvalue weighted by atomic mass is 16.5. The van der Waals surface area contributed by atoms with Crippen LogP contribution >= 0.6 is 0 Å². The minimum Gasteiger partial charge on any atom is -0.384 e. The molecule has 1 aromatic heterocycles. The van der Waals surface area contributed by atoms with Crippen molar-refractivity contribution in [3.63, 3.8) is 0 Å². The van der Waals surface area contributed by atoms with Gasteiger partial charge in [0.05, 0.1) is 12.3 Å². The summed E-state index contributed by atoms with van der Waals surface area (Å²) in [5.74, 6) is 2.26. The number of nitrogens with one attached hydrogen (secondary N) is 1. The average molecular weight is 278 g/mol. The fourth-order valence-electron chi connectivity index (χ4n) is 2.52. The van der Waals surface area contributed by atoms with Gasteiger partial charge in [0.25, 0.3) is 0 Å². The zero-order chi connectivity index (χ0) is 14.4. The van der Waals surface area contributed by atoms with E-state index in [1.165, 1.54) is 6.42 Å². The van der Waals surface area contributed by atoms with Crippen LogP contribution < -0.4 is 10.2 Å². The number of hydrogen-bond acceptors (Lipinski definition) is 5. The summed E-state index contributed by atoms with van der Waals surface area (Å²) in [6, 6.07) is 4.15. The van der Waals surface area contributed by atoms with Crippen molar-refractivity contribution in [1.29, 1.82) is 0 Å². The zero-order valence-corrected chi connectivity index (χ0v) is 12.8. The molecule has 0 aliphatic carbocycles. The van der Waals surface area contributed by atoms with Gasteiger partial charge in [0.2, 0.25) is 0 Å². The van der Waals surface area contributed by atoms with Crippen molar-refractivity contribution in [2.75, 3.05) is 38.3 Å². The molecule has 1 aliphatic rings.